The van der Waals surface area contributed by atoms with Gasteiger partial charge in [0.25, 0.3) is 11.6 Å². The molecule has 1 N–H and O–H groups in total. The molecule has 9 heteroatoms. The van der Waals surface area contributed by atoms with Gasteiger partial charge in [-0.3, -0.25) is 14.9 Å². The summed E-state index contributed by atoms with van der Waals surface area (Å²) in [5, 5.41) is 23.4. The molecule has 0 spiro atoms. The molecule has 3 rings (SSSR count). The highest BCUT2D eigenvalue weighted by atomic mass is 79.9. The van der Waals surface area contributed by atoms with Gasteiger partial charge in [-0.2, -0.15) is 5.26 Å². The number of non-ortho nitro benzene ring substituents is 1. The van der Waals surface area contributed by atoms with Crippen LogP contribution in [0, 0.1) is 35.3 Å². The lowest BCUT2D eigenvalue weighted by Crippen LogP contribution is -2.21. The Labute approximate surface area is 213 Å². The average molecular weight is 585 g/mol. The van der Waals surface area contributed by atoms with E-state index >= 15 is 0 Å². The number of benzene rings is 3. The number of nitro benzene ring substituents is 1. The van der Waals surface area contributed by atoms with E-state index < -0.39 is 4.92 Å². The molecule has 0 heterocycles. The lowest BCUT2D eigenvalue weighted by molar-refractivity contribution is -0.384. The van der Waals surface area contributed by atoms with Crippen LogP contribution in [0.2, 0.25) is 0 Å². The van der Waals surface area contributed by atoms with Crippen molar-refractivity contribution in [1.82, 2.24) is 0 Å². The number of hydrogen-bond acceptors (Lipinski definition) is 5. The van der Waals surface area contributed by atoms with E-state index in [1.54, 1.807) is 18.2 Å². The van der Waals surface area contributed by atoms with Crippen LogP contribution >= 0.6 is 31.9 Å². The first-order chi connectivity index (χ1) is 16.2. The highest BCUT2D eigenvalue weighted by molar-refractivity contribution is 9.11. The Bertz CT molecular complexity index is 1330. The molecule has 0 bridgehead atoms. The maximum atomic E-state index is 12.5. The SMILES string of the molecule is Cc1ccc(NC(=O)COc2c(Br)cc(Br)cc2/C=C(\C#N)c2ccc([N+](=O)[O-])cc2)c(C)c1. The molecular weight excluding hydrogens is 566 g/mol. The normalized spacial score (nSPS) is 11.0. The van der Waals surface area contributed by atoms with Crippen LogP contribution in [0.5, 0.6) is 5.75 Å². The highest BCUT2D eigenvalue weighted by Crippen LogP contribution is 2.35. The van der Waals surface area contributed by atoms with Crippen LogP contribution in [0.1, 0.15) is 22.3 Å². The van der Waals surface area contributed by atoms with Crippen LogP contribution in [0.15, 0.2) is 63.5 Å². The third kappa shape index (κ3) is 6.31. The topological polar surface area (TPSA) is 105 Å². The number of aryl methyl sites for hydroxylation is 2. The molecule has 0 aromatic heterocycles. The number of amides is 1. The molecule has 3 aromatic carbocycles. The lowest BCUT2D eigenvalue weighted by atomic mass is 10.0. The number of nitro groups is 1. The second kappa shape index (κ2) is 11.1. The molecule has 0 fully saturated rings. The molecule has 3 aromatic rings. The molecule has 1 amide bonds. The number of anilines is 1. The predicted octanol–water partition coefficient (Wildman–Crippen LogP) is 6.82. The maximum Gasteiger partial charge on any atom is 0.269 e. The lowest BCUT2D eigenvalue weighted by Gasteiger charge is -2.14. The number of ether oxygens (including phenoxy) is 1. The summed E-state index contributed by atoms with van der Waals surface area (Å²) >= 11 is 6.88. The van der Waals surface area contributed by atoms with Crippen LogP contribution in [0.25, 0.3) is 11.6 Å². The van der Waals surface area contributed by atoms with Gasteiger partial charge in [0.05, 0.1) is 21.0 Å². The Balaban J connectivity index is 1.85. The van der Waals surface area contributed by atoms with Gasteiger partial charge in [-0.25, -0.2) is 0 Å². The quantitative estimate of drug-likeness (QED) is 0.142. The van der Waals surface area contributed by atoms with Crippen molar-refractivity contribution in [3.05, 3.63) is 95.9 Å². The first-order valence-corrected chi connectivity index (χ1v) is 11.6. The number of carbonyl (C=O) groups excluding carboxylic acids is 1. The Kier molecular flexibility index (Phi) is 8.21. The molecule has 0 saturated heterocycles. The van der Waals surface area contributed by atoms with Crippen LogP contribution in [0.3, 0.4) is 0 Å². The first kappa shape index (κ1) is 25.1. The number of nitriles is 1. The zero-order chi connectivity index (χ0) is 24.8. The van der Waals surface area contributed by atoms with Crippen molar-refractivity contribution in [1.29, 1.82) is 5.26 Å². The fourth-order valence-electron chi connectivity index (χ4n) is 3.22. The van der Waals surface area contributed by atoms with Crippen molar-refractivity contribution in [2.24, 2.45) is 0 Å². The van der Waals surface area contributed by atoms with Gasteiger partial charge in [0, 0.05) is 27.9 Å². The van der Waals surface area contributed by atoms with Crippen molar-refractivity contribution < 1.29 is 14.5 Å². The standard InChI is InChI=1S/C25H19Br2N3O4/c1-15-3-8-23(16(2)9-15)29-24(31)14-34-25-18(11-20(26)12-22(25)27)10-19(13-28)17-4-6-21(7-5-17)30(32)33/h3-12H,14H2,1-2H3,(H,29,31)/b19-10+. The van der Waals surface area contributed by atoms with Crippen molar-refractivity contribution in [2.45, 2.75) is 13.8 Å². The van der Waals surface area contributed by atoms with Gasteiger partial charge in [0.2, 0.25) is 0 Å². The van der Waals surface area contributed by atoms with Crippen LogP contribution < -0.4 is 10.1 Å². The molecule has 172 valence electrons. The molecule has 0 saturated carbocycles. The minimum atomic E-state index is -0.500. The van der Waals surface area contributed by atoms with Gasteiger partial charge in [0.1, 0.15) is 5.75 Å². The second-order valence-corrected chi connectivity index (χ2v) is 9.21. The molecule has 0 atom stereocenters. The molecule has 0 unspecified atom stereocenters. The largest absolute Gasteiger partial charge is 0.482 e. The number of hydrogen-bond donors (Lipinski definition) is 1. The van der Waals surface area contributed by atoms with Crippen LogP contribution in [-0.4, -0.2) is 17.4 Å². The minimum absolute atomic E-state index is 0.0647. The summed E-state index contributed by atoms with van der Waals surface area (Å²) in [6.07, 6.45) is 1.61. The fraction of sp³-hybridized carbons (Fsp3) is 0.120. The van der Waals surface area contributed by atoms with Crippen molar-refractivity contribution in [2.75, 3.05) is 11.9 Å². The molecule has 0 radical (unpaired) electrons. The molecule has 34 heavy (non-hydrogen) atoms. The third-order valence-electron chi connectivity index (χ3n) is 4.85. The Morgan fingerprint density at radius 1 is 1.15 bits per heavy atom. The predicted molar refractivity (Wildman–Crippen MR) is 138 cm³/mol. The van der Waals surface area contributed by atoms with E-state index in [9.17, 15) is 20.2 Å². The molecular formula is C25H19Br2N3O4. The first-order valence-electron chi connectivity index (χ1n) is 10.0. The highest BCUT2D eigenvalue weighted by Gasteiger charge is 2.14. The van der Waals surface area contributed by atoms with Gasteiger partial charge in [0.15, 0.2) is 6.61 Å². The van der Waals surface area contributed by atoms with E-state index in [2.05, 4.69) is 43.2 Å². The average Bonchev–Trinajstić information content (AvgIpc) is 2.78. The zero-order valence-corrected chi connectivity index (χ0v) is 21.4. The second-order valence-electron chi connectivity index (χ2n) is 7.43. The molecule has 0 aliphatic heterocycles. The zero-order valence-electron chi connectivity index (χ0n) is 18.3. The summed E-state index contributed by atoms with van der Waals surface area (Å²) in [5.41, 5.74) is 4.04. The molecule has 7 nitrogen and oxygen atoms in total. The van der Waals surface area contributed by atoms with E-state index in [1.807, 2.05) is 32.0 Å². The number of halogens is 2. The smallest absolute Gasteiger partial charge is 0.269 e. The maximum absolute atomic E-state index is 12.5. The minimum Gasteiger partial charge on any atom is -0.482 e. The van der Waals surface area contributed by atoms with Crippen molar-refractivity contribution in [3.8, 4) is 11.8 Å². The summed E-state index contributed by atoms with van der Waals surface area (Å²) in [4.78, 5) is 22.9. The fourth-order valence-corrected chi connectivity index (χ4v) is 4.59. The van der Waals surface area contributed by atoms with Gasteiger partial charge in [-0.05, 0) is 77.3 Å². The summed E-state index contributed by atoms with van der Waals surface area (Å²) in [7, 11) is 0. The number of carbonyl (C=O) groups is 1. The van der Waals surface area contributed by atoms with Gasteiger partial charge in [-0.1, -0.05) is 33.6 Å². The summed E-state index contributed by atoms with van der Waals surface area (Å²) in [5.74, 6) is 0.0567. The van der Waals surface area contributed by atoms with E-state index in [4.69, 9.17) is 4.74 Å². The Morgan fingerprint density at radius 2 is 1.85 bits per heavy atom. The number of nitrogens with zero attached hydrogens (tertiary/aromatic N) is 2. The van der Waals surface area contributed by atoms with E-state index in [0.29, 0.717) is 27.0 Å². The number of rotatable bonds is 7. The van der Waals surface area contributed by atoms with Crippen LogP contribution in [0.4, 0.5) is 11.4 Å². The van der Waals surface area contributed by atoms with E-state index in [-0.39, 0.29) is 23.8 Å². The van der Waals surface area contributed by atoms with Gasteiger partial charge in [-0.15, -0.1) is 0 Å². The van der Waals surface area contributed by atoms with Crippen molar-refractivity contribution in [3.63, 3.8) is 0 Å². The number of nitrogens with one attached hydrogen (secondary N) is 1. The van der Waals surface area contributed by atoms with Gasteiger partial charge < -0.3 is 10.1 Å². The van der Waals surface area contributed by atoms with Crippen LogP contribution in [-0.2, 0) is 4.79 Å². The summed E-state index contributed by atoms with van der Waals surface area (Å²) in [6.45, 7) is 3.65. The number of allylic oxidation sites excluding steroid dienone is 1. The van der Waals surface area contributed by atoms with E-state index in [0.717, 1.165) is 15.6 Å². The summed E-state index contributed by atoms with van der Waals surface area (Å²) in [6, 6.07) is 17.1. The van der Waals surface area contributed by atoms with E-state index in [1.165, 1.54) is 24.3 Å². The summed E-state index contributed by atoms with van der Waals surface area (Å²) < 4.78 is 7.16. The van der Waals surface area contributed by atoms with Gasteiger partial charge >= 0.3 is 0 Å². The third-order valence-corrected chi connectivity index (χ3v) is 5.90. The Hall–Kier alpha value is -3.48. The monoisotopic (exact) mass is 583 g/mol. The molecule has 0 aliphatic carbocycles. The van der Waals surface area contributed by atoms with Crippen molar-refractivity contribution >= 4 is 60.8 Å². The molecule has 0 aliphatic rings. The Morgan fingerprint density at radius 3 is 2.47 bits per heavy atom.